The zero-order valence-electron chi connectivity index (χ0n) is 7.59. The molecular weight excluding hydrogens is 142 g/mol. The lowest BCUT2D eigenvalue weighted by Gasteiger charge is -2.22. The van der Waals surface area contributed by atoms with E-state index in [4.69, 9.17) is 16.0 Å². The fourth-order valence-corrected chi connectivity index (χ4v) is 0.344. The number of nitrogens with zero attached hydrogens (tertiary/aromatic N) is 1. The van der Waals surface area contributed by atoms with Crippen LogP contribution in [0.15, 0.2) is 0 Å². The molecule has 1 atom stereocenters. The first-order chi connectivity index (χ1) is 4.95. The average Bonchev–Trinajstić information content (AvgIpc) is 1.87. The Morgan fingerprint density at radius 3 is 2.18 bits per heavy atom. The van der Waals surface area contributed by atoms with Crippen molar-refractivity contribution < 1.29 is 4.84 Å². The third-order valence-electron chi connectivity index (χ3n) is 1.38. The molecule has 3 N–H and O–H groups in total. The summed E-state index contributed by atoms with van der Waals surface area (Å²) in [6.07, 6.45) is 0. The van der Waals surface area contributed by atoms with E-state index in [1.165, 1.54) is 0 Å². The largest absolute Gasteiger partial charge is 0.389 e. The predicted molar refractivity (Wildman–Crippen MR) is 45.4 cm³/mol. The maximum absolute atomic E-state index is 7.28. The van der Waals surface area contributed by atoms with E-state index >= 15 is 0 Å². The summed E-state index contributed by atoms with van der Waals surface area (Å²) in [4.78, 5) is 5.06. The Balaban J connectivity index is 3.76. The summed E-state index contributed by atoms with van der Waals surface area (Å²) in [6, 6.07) is -0.0784. The van der Waals surface area contributed by atoms with E-state index in [0.717, 1.165) is 0 Å². The topological polar surface area (TPSA) is 62.3 Å². The summed E-state index contributed by atoms with van der Waals surface area (Å²) in [6.45, 7) is 5.68. The maximum Gasteiger partial charge on any atom is 0.223 e. The second kappa shape index (κ2) is 4.31. The van der Waals surface area contributed by atoms with Crippen LogP contribution in [0.3, 0.4) is 0 Å². The van der Waals surface area contributed by atoms with Gasteiger partial charge in [0, 0.05) is 13.1 Å². The molecule has 66 valence electrons. The minimum Gasteiger partial charge on any atom is -0.389 e. The minimum atomic E-state index is -0.337. The molecular formula is C7H17N3O. The van der Waals surface area contributed by atoms with Gasteiger partial charge in [0.25, 0.3) is 0 Å². The molecule has 0 saturated carbocycles. The molecule has 0 aliphatic rings. The summed E-state index contributed by atoms with van der Waals surface area (Å²) in [5.41, 5.74) is 5.41. The molecule has 0 fully saturated rings. The van der Waals surface area contributed by atoms with Gasteiger partial charge in [0.2, 0.25) is 5.90 Å². The molecule has 0 aromatic heterocycles. The standard InChI is InChI=1S/C7H17N3O/c1-5(2)10(4)11-7(9)6(3)8/h5-6,9H,8H2,1-4H3/t6-/m1/s1. The summed E-state index contributed by atoms with van der Waals surface area (Å²) in [7, 11) is 1.78. The molecule has 0 radical (unpaired) electrons. The molecule has 11 heavy (non-hydrogen) atoms. The van der Waals surface area contributed by atoms with Gasteiger partial charge in [-0.1, -0.05) is 0 Å². The van der Waals surface area contributed by atoms with Gasteiger partial charge in [-0.15, -0.1) is 5.06 Å². The van der Waals surface area contributed by atoms with Crippen LogP contribution in [0.5, 0.6) is 0 Å². The van der Waals surface area contributed by atoms with E-state index in [1.54, 1.807) is 19.0 Å². The lowest BCUT2D eigenvalue weighted by molar-refractivity contribution is -0.0778. The Hall–Kier alpha value is -0.610. The fraction of sp³-hybridized carbons (Fsp3) is 0.857. The molecule has 0 bridgehead atoms. The van der Waals surface area contributed by atoms with Crippen molar-refractivity contribution in [1.29, 1.82) is 5.41 Å². The van der Waals surface area contributed by atoms with Crippen molar-refractivity contribution >= 4 is 5.90 Å². The Bertz CT molecular complexity index is 134. The molecule has 0 spiro atoms. The molecule has 0 saturated heterocycles. The molecule has 0 amide bonds. The van der Waals surface area contributed by atoms with Crippen molar-refractivity contribution in [3.05, 3.63) is 0 Å². The van der Waals surface area contributed by atoms with E-state index in [0.29, 0.717) is 0 Å². The quantitative estimate of drug-likeness (QED) is 0.360. The van der Waals surface area contributed by atoms with Crippen LogP contribution in [0.2, 0.25) is 0 Å². The van der Waals surface area contributed by atoms with Crippen molar-refractivity contribution in [3.63, 3.8) is 0 Å². The zero-order chi connectivity index (χ0) is 9.02. The molecule has 4 nitrogen and oxygen atoms in total. The van der Waals surface area contributed by atoms with E-state index < -0.39 is 0 Å². The van der Waals surface area contributed by atoms with Gasteiger partial charge >= 0.3 is 0 Å². The van der Waals surface area contributed by atoms with Crippen LogP contribution < -0.4 is 5.73 Å². The molecule has 0 aromatic rings. The predicted octanol–water partition coefficient (Wildman–Crippen LogP) is 0.583. The Labute approximate surface area is 67.8 Å². The molecule has 0 aliphatic carbocycles. The Morgan fingerprint density at radius 1 is 1.45 bits per heavy atom. The first kappa shape index (κ1) is 10.4. The molecule has 0 aliphatic heterocycles. The van der Waals surface area contributed by atoms with Gasteiger partial charge in [0.15, 0.2) is 0 Å². The van der Waals surface area contributed by atoms with E-state index in [-0.39, 0.29) is 18.0 Å². The summed E-state index contributed by atoms with van der Waals surface area (Å²) < 4.78 is 0. The minimum absolute atomic E-state index is 0.0983. The number of rotatable bonds is 3. The van der Waals surface area contributed by atoms with Crippen LogP contribution in [0, 0.1) is 5.41 Å². The van der Waals surface area contributed by atoms with Crippen LogP contribution in [0.1, 0.15) is 20.8 Å². The number of nitrogens with one attached hydrogen (secondary N) is 1. The third-order valence-corrected chi connectivity index (χ3v) is 1.38. The smallest absolute Gasteiger partial charge is 0.223 e. The highest BCUT2D eigenvalue weighted by Gasteiger charge is 2.10. The van der Waals surface area contributed by atoms with Crippen molar-refractivity contribution in [2.45, 2.75) is 32.9 Å². The molecule has 0 heterocycles. The average molecular weight is 159 g/mol. The fourth-order valence-electron chi connectivity index (χ4n) is 0.344. The van der Waals surface area contributed by atoms with Gasteiger partial charge in [-0.25, -0.2) is 0 Å². The number of hydroxylamine groups is 2. The second-order valence-corrected chi connectivity index (χ2v) is 2.88. The van der Waals surface area contributed by atoms with Crippen molar-refractivity contribution in [2.24, 2.45) is 5.73 Å². The van der Waals surface area contributed by atoms with Gasteiger partial charge in [-0.2, -0.15) is 0 Å². The lowest BCUT2D eigenvalue weighted by atomic mass is 10.4. The van der Waals surface area contributed by atoms with Crippen molar-refractivity contribution in [2.75, 3.05) is 7.05 Å². The first-order valence-electron chi connectivity index (χ1n) is 3.70. The van der Waals surface area contributed by atoms with Crippen LogP contribution in [0.25, 0.3) is 0 Å². The van der Waals surface area contributed by atoms with Gasteiger partial charge in [-0.3, -0.25) is 5.41 Å². The normalized spacial score (nSPS) is 13.7. The zero-order valence-corrected chi connectivity index (χ0v) is 7.59. The Morgan fingerprint density at radius 2 is 1.91 bits per heavy atom. The van der Waals surface area contributed by atoms with Crippen molar-refractivity contribution in [1.82, 2.24) is 5.06 Å². The summed E-state index contributed by atoms with van der Waals surface area (Å²) >= 11 is 0. The number of hydrogen-bond donors (Lipinski definition) is 2. The molecule has 0 unspecified atom stereocenters. The van der Waals surface area contributed by atoms with E-state index in [2.05, 4.69) is 0 Å². The van der Waals surface area contributed by atoms with Crippen LogP contribution in [-0.4, -0.2) is 30.1 Å². The highest BCUT2D eigenvalue weighted by atomic mass is 16.7. The summed E-state index contributed by atoms with van der Waals surface area (Å²) in [5, 5.41) is 8.88. The SMILES string of the molecule is CC(C)N(C)OC(=N)[C@@H](C)N. The van der Waals surface area contributed by atoms with Crippen molar-refractivity contribution in [3.8, 4) is 0 Å². The Kier molecular flexibility index (Phi) is 4.07. The van der Waals surface area contributed by atoms with Gasteiger partial charge in [-0.05, 0) is 20.8 Å². The molecule has 0 aromatic carbocycles. The number of hydrogen-bond acceptors (Lipinski definition) is 4. The summed E-state index contributed by atoms with van der Waals surface area (Å²) in [5.74, 6) is 0.0983. The van der Waals surface area contributed by atoms with Crippen LogP contribution >= 0.6 is 0 Å². The van der Waals surface area contributed by atoms with Gasteiger partial charge in [0.1, 0.15) is 0 Å². The monoisotopic (exact) mass is 159 g/mol. The van der Waals surface area contributed by atoms with Gasteiger partial charge in [0.05, 0.1) is 6.04 Å². The van der Waals surface area contributed by atoms with Gasteiger partial charge < -0.3 is 10.6 Å². The molecule has 0 rings (SSSR count). The van der Waals surface area contributed by atoms with E-state index in [9.17, 15) is 0 Å². The number of nitrogens with two attached hydrogens (primary N) is 1. The lowest BCUT2D eigenvalue weighted by Crippen LogP contribution is -2.36. The third kappa shape index (κ3) is 3.95. The second-order valence-electron chi connectivity index (χ2n) is 2.88. The van der Waals surface area contributed by atoms with Crippen LogP contribution in [0.4, 0.5) is 0 Å². The highest BCUT2D eigenvalue weighted by Crippen LogP contribution is 1.96. The van der Waals surface area contributed by atoms with Crippen LogP contribution in [-0.2, 0) is 4.84 Å². The molecule has 4 heteroatoms. The maximum atomic E-state index is 7.28. The highest BCUT2D eigenvalue weighted by molar-refractivity contribution is 5.77. The first-order valence-corrected chi connectivity index (χ1v) is 3.70. The van der Waals surface area contributed by atoms with E-state index in [1.807, 2.05) is 13.8 Å².